The molecule has 2 fully saturated rings. The number of hydrogen-bond acceptors (Lipinski definition) is 7. The summed E-state index contributed by atoms with van der Waals surface area (Å²) < 4.78 is 5.22. The van der Waals surface area contributed by atoms with Crippen LogP contribution in [0.2, 0.25) is 0 Å². The van der Waals surface area contributed by atoms with E-state index in [-0.39, 0.29) is 16.5 Å². The molecule has 0 radical (unpaired) electrons. The first-order chi connectivity index (χ1) is 16.0. The fourth-order valence-electron chi connectivity index (χ4n) is 4.43. The Bertz CT molecular complexity index is 934. The van der Waals surface area contributed by atoms with E-state index in [0.717, 1.165) is 76.0 Å². The molecule has 0 saturated carbocycles. The van der Waals surface area contributed by atoms with Gasteiger partial charge in [-0.2, -0.15) is 0 Å². The van der Waals surface area contributed by atoms with E-state index in [1.165, 1.54) is 0 Å². The third kappa shape index (κ3) is 5.73. The minimum atomic E-state index is -0.377. The molecular formula is C24H31N5O4. The number of amides is 1. The maximum absolute atomic E-state index is 12.7. The maximum Gasteiger partial charge on any atom is 0.269 e. The SMILES string of the molecule is COc1ccc(N2CCN(C(=O)CCN3CCN(c4ccc([N+](=O)[O-])cc4)CC3)CC2)cc1. The zero-order chi connectivity index (χ0) is 23.2. The fourth-order valence-corrected chi connectivity index (χ4v) is 4.43. The quantitative estimate of drug-likeness (QED) is 0.470. The van der Waals surface area contributed by atoms with Crippen molar-refractivity contribution in [1.29, 1.82) is 0 Å². The van der Waals surface area contributed by atoms with Crippen LogP contribution in [0.1, 0.15) is 6.42 Å². The molecule has 0 atom stereocenters. The Kier molecular flexibility index (Phi) is 7.29. The number of carbonyl (C=O) groups is 1. The largest absolute Gasteiger partial charge is 0.497 e. The molecule has 9 nitrogen and oxygen atoms in total. The molecule has 0 spiro atoms. The lowest BCUT2D eigenvalue weighted by molar-refractivity contribution is -0.384. The molecule has 2 heterocycles. The Morgan fingerprint density at radius 2 is 1.36 bits per heavy atom. The molecule has 0 aliphatic carbocycles. The first kappa shape index (κ1) is 22.8. The lowest BCUT2D eigenvalue weighted by Crippen LogP contribution is -2.50. The van der Waals surface area contributed by atoms with Crippen molar-refractivity contribution < 1.29 is 14.5 Å². The van der Waals surface area contributed by atoms with E-state index in [0.29, 0.717) is 6.42 Å². The van der Waals surface area contributed by atoms with Gasteiger partial charge in [0.05, 0.1) is 12.0 Å². The number of anilines is 2. The first-order valence-electron chi connectivity index (χ1n) is 11.4. The second-order valence-electron chi connectivity index (χ2n) is 8.42. The lowest BCUT2D eigenvalue weighted by atomic mass is 10.2. The van der Waals surface area contributed by atoms with Gasteiger partial charge in [0.1, 0.15) is 5.75 Å². The monoisotopic (exact) mass is 453 g/mol. The van der Waals surface area contributed by atoms with Crippen LogP contribution >= 0.6 is 0 Å². The second-order valence-corrected chi connectivity index (χ2v) is 8.42. The third-order valence-electron chi connectivity index (χ3n) is 6.51. The van der Waals surface area contributed by atoms with E-state index in [4.69, 9.17) is 4.74 Å². The number of carbonyl (C=O) groups excluding carboxylic acids is 1. The summed E-state index contributed by atoms with van der Waals surface area (Å²) >= 11 is 0. The summed E-state index contributed by atoms with van der Waals surface area (Å²) in [5.41, 5.74) is 2.28. The molecule has 2 aromatic rings. The highest BCUT2D eigenvalue weighted by molar-refractivity contribution is 5.76. The van der Waals surface area contributed by atoms with Gasteiger partial charge in [-0.25, -0.2) is 0 Å². The number of methoxy groups -OCH3 is 1. The number of nitrogens with zero attached hydrogens (tertiary/aromatic N) is 5. The van der Waals surface area contributed by atoms with Crippen molar-refractivity contribution in [3.05, 3.63) is 58.6 Å². The smallest absolute Gasteiger partial charge is 0.269 e. The number of nitro groups is 1. The van der Waals surface area contributed by atoms with Crippen molar-refractivity contribution in [2.24, 2.45) is 0 Å². The summed E-state index contributed by atoms with van der Waals surface area (Å²) in [7, 11) is 1.66. The highest BCUT2D eigenvalue weighted by Gasteiger charge is 2.23. The van der Waals surface area contributed by atoms with Gasteiger partial charge in [0.2, 0.25) is 5.91 Å². The maximum atomic E-state index is 12.7. The van der Waals surface area contributed by atoms with Crippen LogP contribution in [0, 0.1) is 10.1 Å². The molecule has 2 aliphatic heterocycles. The molecule has 2 saturated heterocycles. The fraction of sp³-hybridized carbons (Fsp3) is 0.458. The molecule has 0 bridgehead atoms. The van der Waals surface area contributed by atoms with Crippen LogP contribution in [0.25, 0.3) is 0 Å². The Hall–Kier alpha value is -3.33. The minimum Gasteiger partial charge on any atom is -0.497 e. The van der Waals surface area contributed by atoms with E-state index in [2.05, 4.69) is 26.8 Å². The number of non-ortho nitro benzene ring substituents is 1. The van der Waals surface area contributed by atoms with Gasteiger partial charge >= 0.3 is 0 Å². The number of hydrogen-bond donors (Lipinski definition) is 0. The highest BCUT2D eigenvalue weighted by atomic mass is 16.6. The normalized spacial score (nSPS) is 17.2. The summed E-state index contributed by atoms with van der Waals surface area (Å²) in [6.07, 6.45) is 0.542. The van der Waals surface area contributed by atoms with Crippen molar-refractivity contribution in [2.45, 2.75) is 6.42 Å². The van der Waals surface area contributed by atoms with E-state index < -0.39 is 0 Å². The average Bonchev–Trinajstić information content (AvgIpc) is 2.88. The number of benzene rings is 2. The predicted molar refractivity (Wildman–Crippen MR) is 128 cm³/mol. The molecule has 0 N–H and O–H groups in total. The van der Waals surface area contributed by atoms with E-state index >= 15 is 0 Å². The van der Waals surface area contributed by atoms with E-state index in [9.17, 15) is 14.9 Å². The summed E-state index contributed by atoms with van der Waals surface area (Å²) in [6.45, 7) is 7.42. The first-order valence-corrected chi connectivity index (χ1v) is 11.4. The summed E-state index contributed by atoms with van der Waals surface area (Å²) in [5, 5.41) is 10.8. The average molecular weight is 454 g/mol. The van der Waals surface area contributed by atoms with Crippen molar-refractivity contribution in [2.75, 3.05) is 75.8 Å². The zero-order valence-corrected chi connectivity index (χ0v) is 19.1. The van der Waals surface area contributed by atoms with Gasteiger partial charge in [-0.15, -0.1) is 0 Å². The Balaban J connectivity index is 1.17. The molecule has 0 unspecified atom stereocenters. The van der Waals surface area contributed by atoms with Crippen molar-refractivity contribution in [1.82, 2.24) is 9.80 Å². The van der Waals surface area contributed by atoms with Crippen LogP contribution < -0.4 is 14.5 Å². The van der Waals surface area contributed by atoms with Crippen molar-refractivity contribution in [3.8, 4) is 5.75 Å². The topological polar surface area (TPSA) is 82.4 Å². The molecule has 1 amide bonds. The molecule has 33 heavy (non-hydrogen) atoms. The number of ether oxygens (including phenoxy) is 1. The lowest BCUT2D eigenvalue weighted by Gasteiger charge is -2.38. The van der Waals surface area contributed by atoms with Crippen LogP contribution in [0.4, 0.5) is 17.1 Å². The Labute approximate surface area is 194 Å². The second kappa shape index (κ2) is 10.5. The summed E-state index contributed by atoms with van der Waals surface area (Å²) in [6, 6.07) is 14.8. The molecule has 4 rings (SSSR count). The summed E-state index contributed by atoms with van der Waals surface area (Å²) in [4.78, 5) is 32.0. The predicted octanol–water partition coefficient (Wildman–Crippen LogP) is 2.46. The number of piperazine rings is 2. The van der Waals surface area contributed by atoms with Gasteiger partial charge < -0.3 is 19.4 Å². The van der Waals surface area contributed by atoms with Gasteiger partial charge in [-0.3, -0.25) is 19.8 Å². The zero-order valence-electron chi connectivity index (χ0n) is 19.1. The molecule has 176 valence electrons. The Morgan fingerprint density at radius 3 is 1.88 bits per heavy atom. The van der Waals surface area contributed by atoms with Gasteiger partial charge in [0.15, 0.2) is 0 Å². The van der Waals surface area contributed by atoms with Crippen LogP contribution in [-0.2, 0) is 4.79 Å². The van der Waals surface area contributed by atoms with E-state index in [1.807, 2.05) is 29.2 Å². The molecule has 2 aromatic carbocycles. The number of rotatable bonds is 7. The molecule has 0 aromatic heterocycles. The molecule has 2 aliphatic rings. The Morgan fingerprint density at radius 1 is 0.848 bits per heavy atom. The number of nitro benzene ring substituents is 1. The van der Waals surface area contributed by atoms with Crippen molar-refractivity contribution in [3.63, 3.8) is 0 Å². The van der Waals surface area contributed by atoms with Crippen LogP contribution in [-0.4, -0.2) is 86.6 Å². The van der Waals surface area contributed by atoms with Gasteiger partial charge in [-0.05, 0) is 36.4 Å². The van der Waals surface area contributed by atoms with Gasteiger partial charge in [0, 0.05) is 88.8 Å². The standard InChI is InChI=1S/C24H31N5O4/c1-33-23-8-6-21(7-9-23)27-16-18-28(19-17-27)24(30)10-11-25-12-14-26(15-13-25)20-2-4-22(5-3-20)29(31)32/h2-9H,10-19H2,1H3. The van der Waals surface area contributed by atoms with Gasteiger partial charge in [-0.1, -0.05) is 0 Å². The highest BCUT2D eigenvalue weighted by Crippen LogP contribution is 2.22. The summed E-state index contributed by atoms with van der Waals surface area (Å²) in [5.74, 6) is 1.07. The van der Waals surface area contributed by atoms with Crippen LogP contribution in [0.5, 0.6) is 5.75 Å². The van der Waals surface area contributed by atoms with Gasteiger partial charge in [0.25, 0.3) is 5.69 Å². The molecule has 9 heteroatoms. The van der Waals surface area contributed by atoms with E-state index in [1.54, 1.807) is 19.2 Å². The minimum absolute atomic E-state index is 0.112. The third-order valence-corrected chi connectivity index (χ3v) is 6.51. The van der Waals surface area contributed by atoms with Crippen LogP contribution in [0.3, 0.4) is 0 Å². The molecular weight excluding hydrogens is 422 g/mol. The van der Waals surface area contributed by atoms with Crippen LogP contribution in [0.15, 0.2) is 48.5 Å². The van der Waals surface area contributed by atoms with Crippen molar-refractivity contribution >= 4 is 23.0 Å².